The Hall–Kier alpha value is -3.15. The summed E-state index contributed by atoms with van der Waals surface area (Å²) in [5, 5.41) is 30.4. The number of hydrogen-bond donors (Lipinski definition) is 3. The maximum absolute atomic E-state index is 12.9. The van der Waals surface area contributed by atoms with Gasteiger partial charge in [-0.1, -0.05) is 35.3 Å². The highest BCUT2D eigenvalue weighted by Crippen LogP contribution is 2.41. The molecule has 1 heterocycles. The third-order valence-corrected chi connectivity index (χ3v) is 4.77. The zero-order chi connectivity index (χ0) is 20.0. The smallest absolute Gasteiger partial charge is 0.344 e. The largest absolute Gasteiger partial charge is 0.508 e. The summed E-state index contributed by atoms with van der Waals surface area (Å²) >= 11 is 12.4. The second-order valence-corrected chi connectivity index (χ2v) is 7.03. The van der Waals surface area contributed by atoms with E-state index in [9.17, 15) is 20.1 Å². The summed E-state index contributed by atoms with van der Waals surface area (Å²) in [6.45, 7) is 0. The van der Waals surface area contributed by atoms with Gasteiger partial charge >= 0.3 is 5.63 Å². The highest BCUT2D eigenvalue weighted by molar-refractivity contribution is 6.38. The van der Waals surface area contributed by atoms with Crippen molar-refractivity contribution < 1.29 is 19.7 Å². The number of phenolic OH excluding ortho intramolecular Hbond substituents is 3. The quantitative estimate of drug-likeness (QED) is 0.374. The van der Waals surface area contributed by atoms with Crippen LogP contribution >= 0.6 is 23.2 Å². The van der Waals surface area contributed by atoms with Gasteiger partial charge in [0, 0.05) is 22.0 Å². The lowest BCUT2D eigenvalue weighted by Gasteiger charge is -2.14. The summed E-state index contributed by atoms with van der Waals surface area (Å²) < 4.78 is 5.44. The minimum absolute atomic E-state index is 0.0589. The SMILES string of the molecule is O=c1oc2c(Cl)cc(Cl)cc2c(-c2ccc(O)cc2)c1-c1cc(O)cc(O)c1. The molecule has 0 atom stereocenters. The van der Waals surface area contributed by atoms with Crippen LogP contribution in [0.2, 0.25) is 10.0 Å². The second kappa shape index (κ2) is 6.78. The fraction of sp³-hybridized carbons (Fsp3) is 0. The van der Waals surface area contributed by atoms with Crippen LogP contribution in [0.5, 0.6) is 17.2 Å². The fourth-order valence-electron chi connectivity index (χ4n) is 3.16. The first-order valence-electron chi connectivity index (χ1n) is 8.12. The maximum Gasteiger partial charge on any atom is 0.344 e. The van der Waals surface area contributed by atoms with Crippen LogP contribution < -0.4 is 5.63 Å². The van der Waals surface area contributed by atoms with Gasteiger partial charge in [0.15, 0.2) is 5.58 Å². The lowest BCUT2D eigenvalue weighted by atomic mass is 9.93. The third-order valence-electron chi connectivity index (χ3n) is 4.27. The van der Waals surface area contributed by atoms with E-state index in [1.807, 2.05) is 0 Å². The number of fused-ring (bicyclic) bond motifs is 1. The van der Waals surface area contributed by atoms with Crippen LogP contribution in [-0.4, -0.2) is 15.3 Å². The van der Waals surface area contributed by atoms with Gasteiger partial charge < -0.3 is 19.7 Å². The monoisotopic (exact) mass is 414 g/mol. The van der Waals surface area contributed by atoms with Crippen LogP contribution in [0.25, 0.3) is 33.2 Å². The highest BCUT2D eigenvalue weighted by Gasteiger charge is 2.21. The number of benzene rings is 3. The molecule has 0 aliphatic carbocycles. The van der Waals surface area contributed by atoms with Crippen LogP contribution in [0.3, 0.4) is 0 Å². The van der Waals surface area contributed by atoms with E-state index < -0.39 is 5.63 Å². The summed E-state index contributed by atoms with van der Waals surface area (Å²) in [5.41, 5.74) is 0.861. The Bertz CT molecular complexity index is 1260. The van der Waals surface area contributed by atoms with Crippen molar-refractivity contribution in [2.24, 2.45) is 0 Å². The predicted octanol–water partition coefficient (Wildman–Crippen LogP) is 5.55. The molecule has 0 unspecified atom stereocenters. The van der Waals surface area contributed by atoms with Gasteiger partial charge in [0.05, 0.1) is 10.6 Å². The van der Waals surface area contributed by atoms with Gasteiger partial charge in [-0.05, 0) is 47.5 Å². The van der Waals surface area contributed by atoms with Crippen molar-refractivity contribution in [2.45, 2.75) is 0 Å². The molecule has 0 amide bonds. The number of hydrogen-bond acceptors (Lipinski definition) is 5. The molecule has 0 fully saturated rings. The third kappa shape index (κ3) is 3.15. The first kappa shape index (κ1) is 18.2. The topological polar surface area (TPSA) is 90.9 Å². The Morgan fingerprint density at radius 1 is 0.714 bits per heavy atom. The fourth-order valence-corrected chi connectivity index (χ4v) is 3.69. The first-order valence-corrected chi connectivity index (χ1v) is 8.88. The van der Waals surface area contributed by atoms with E-state index in [4.69, 9.17) is 27.6 Å². The molecule has 0 aliphatic heterocycles. The zero-order valence-electron chi connectivity index (χ0n) is 14.1. The average molecular weight is 415 g/mol. The van der Waals surface area contributed by atoms with Gasteiger partial charge in [0.1, 0.15) is 17.2 Å². The number of rotatable bonds is 2. The zero-order valence-corrected chi connectivity index (χ0v) is 15.6. The van der Waals surface area contributed by atoms with Crippen molar-refractivity contribution in [2.75, 3.05) is 0 Å². The molecule has 3 aromatic carbocycles. The van der Waals surface area contributed by atoms with Gasteiger partial charge in [0.25, 0.3) is 0 Å². The molecule has 0 spiro atoms. The van der Waals surface area contributed by atoms with E-state index in [0.29, 0.717) is 21.5 Å². The van der Waals surface area contributed by atoms with Gasteiger partial charge in [0.2, 0.25) is 0 Å². The Labute approximate surface area is 168 Å². The molecular formula is C21H12Cl2O5. The molecule has 4 rings (SSSR count). The molecule has 7 heteroatoms. The van der Waals surface area contributed by atoms with Gasteiger partial charge in [-0.25, -0.2) is 4.79 Å². The Kier molecular flexibility index (Phi) is 4.41. The summed E-state index contributed by atoms with van der Waals surface area (Å²) in [5.74, 6) is -0.366. The summed E-state index contributed by atoms with van der Waals surface area (Å²) in [7, 11) is 0. The summed E-state index contributed by atoms with van der Waals surface area (Å²) in [6, 6.07) is 13.1. The van der Waals surface area contributed by atoms with E-state index >= 15 is 0 Å². The van der Waals surface area contributed by atoms with Crippen LogP contribution in [0.15, 0.2) is 63.8 Å². The average Bonchev–Trinajstić information content (AvgIpc) is 2.61. The molecule has 0 bridgehead atoms. The van der Waals surface area contributed by atoms with Crippen molar-refractivity contribution in [3.05, 3.63) is 75.1 Å². The second-order valence-electron chi connectivity index (χ2n) is 6.19. The summed E-state index contributed by atoms with van der Waals surface area (Å²) in [4.78, 5) is 12.9. The molecule has 0 saturated carbocycles. The van der Waals surface area contributed by atoms with Crippen LogP contribution in [-0.2, 0) is 0 Å². The summed E-state index contributed by atoms with van der Waals surface area (Å²) in [6.07, 6.45) is 0. The van der Waals surface area contributed by atoms with E-state index in [1.54, 1.807) is 18.2 Å². The van der Waals surface area contributed by atoms with E-state index in [-0.39, 0.29) is 39.0 Å². The van der Waals surface area contributed by atoms with E-state index in [1.165, 1.54) is 30.3 Å². The number of halogens is 2. The van der Waals surface area contributed by atoms with Crippen LogP contribution in [0, 0.1) is 0 Å². The Morgan fingerprint density at radius 3 is 2.00 bits per heavy atom. The van der Waals surface area contributed by atoms with Gasteiger partial charge in [-0.15, -0.1) is 0 Å². The standard InChI is InChI=1S/C21H12Cl2O5/c22-12-7-16-18(10-1-3-13(24)4-2-10)19(11-5-14(25)9-15(26)6-11)21(27)28-20(16)17(23)8-12/h1-9,24-26H. The normalized spacial score (nSPS) is 11.1. The van der Waals surface area contributed by atoms with Crippen molar-refractivity contribution in [3.8, 4) is 39.5 Å². The van der Waals surface area contributed by atoms with Gasteiger partial charge in [-0.2, -0.15) is 0 Å². The van der Waals surface area contributed by atoms with E-state index in [0.717, 1.165) is 6.07 Å². The van der Waals surface area contributed by atoms with Gasteiger partial charge in [-0.3, -0.25) is 0 Å². The Balaban J connectivity index is 2.20. The minimum Gasteiger partial charge on any atom is -0.508 e. The highest BCUT2D eigenvalue weighted by atomic mass is 35.5. The molecule has 1 aromatic heterocycles. The molecule has 3 N–H and O–H groups in total. The predicted molar refractivity (Wildman–Crippen MR) is 108 cm³/mol. The Morgan fingerprint density at radius 2 is 1.36 bits per heavy atom. The van der Waals surface area contributed by atoms with Crippen LogP contribution in [0.4, 0.5) is 0 Å². The molecule has 0 saturated heterocycles. The number of aromatic hydroxyl groups is 3. The van der Waals surface area contributed by atoms with Crippen molar-refractivity contribution in [3.63, 3.8) is 0 Å². The lowest BCUT2D eigenvalue weighted by Crippen LogP contribution is -2.06. The van der Waals surface area contributed by atoms with Crippen LogP contribution in [0.1, 0.15) is 0 Å². The molecule has 0 radical (unpaired) electrons. The number of phenols is 3. The molecule has 5 nitrogen and oxygen atoms in total. The van der Waals surface area contributed by atoms with Crippen molar-refractivity contribution in [1.82, 2.24) is 0 Å². The first-order chi connectivity index (χ1) is 13.3. The van der Waals surface area contributed by atoms with E-state index in [2.05, 4.69) is 0 Å². The molecule has 0 aliphatic rings. The molecule has 28 heavy (non-hydrogen) atoms. The minimum atomic E-state index is -0.704. The molecule has 140 valence electrons. The maximum atomic E-state index is 12.9. The molecular weight excluding hydrogens is 403 g/mol. The van der Waals surface area contributed by atoms with Crippen molar-refractivity contribution >= 4 is 34.2 Å². The lowest BCUT2D eigenvalue weighted by molar-refractivity contribution is 0.451. The molecule has 4 aromatic rings. The van der Waals surface area contributed by atoms with Crippen molar-refractivity contribution in [1.29, 1.82) is 0 Å².